The van der Waals surface area contributed by atoms with Crippen molar-refractivity contribution in [1.82, 2.24) is 0 Å². The summed E-state index contributed by atoms with van der Waals surface area (Å²) in [6.07, 6.45) is 20.6. The fraction of sp³-hybridized carbons (Fsp3) is 1.00. The number of hydrogen-bond donors (Lipinski definition) is 0. The Kier molecular flexibility index (Phi) is 26.0. The van der Waals surface area contributed by atoms with E-state index in [-0.39, 0.29) is 17.0 Å². The van der Waals surface area contributed by atoms with Gasteiger partial charge in [0.25, 0.3) is 0 Å². The molecule has 0 aliphatic heterocycles. The first-order chi connectivity index (χ1) is 9.41. The fourth-order valence-corrected chi connectivity index (χ4v) is 4.08. The summed E-state index contributed by atoms with van der Waals surface area (Å²) < 4.78 is 0. The Morgan fingerprint density at radius 3 is 1.10 bits per heavy atom. The van der Waals surface area contributed by atoms with Crippen molar-refractivity contribution in [1.29, 1.82) is 0 Å². The predicted molar refractivity (Wildman–Crippen MR) is 91.4 cm³/mol. The molecule has 0 spiro atoms. The van der Waals surface area contributed by atoms with Gasteiger partial charge in [-0.1, -0.05) is 0 Å². The van der Waals surface area contributed by atoms with Crippen molar-refractivity contribution in [3.05, 3.63) is 0 Å². The molecule has 0 nitrogen and oxygen atoms in total. The summed E-state index contributed by atoms with van der Waals surface area (Å²) in [5, 5.41) is 3.15. The molecule has 0 heterocycles. The van der Waals surface area contributed by atoms with Crippen LogP contribution in [0.3, 0.4) is 0 Å². The van der Waals surface area contributed by atoms with Gasteiger partial charge in [0, 0.05) is 0 Å². The van der Waals surface area contributed by atoms with Crippen molar-refractivity contribution < 1.29 is 17.0 Å². The van der Waals surface area contributed by atoms with E-state index >= 15 is 0 Å². The van der Waals surface area contributed by atoms with Gasteiger partial charge in [-0.15, -0.1) is 0 Å². The molecule has 0 amide bonds. The van der Waals surface area contributed by atoms with Crippen LogP contribution in [0.15, 0.2) is 0 Å². The molecule has 0 N–H and O–H groups in total. The second-order valence-electron chi connectivity index (χ2n) is 6.11. The molecule has 0 unspecified atom stereocenters. The zero-order valence-electron chi connectivity index (χ0n) is 14.3. The second kappa shape index (κ2) is 22.3. The Morgan fingerprint density at radius 1 is 0.450 bits per heavy atom. The summed E-state index contributed by atoms with van der Waals surface area (Å²) >= 11 is 0.790. The van der Waals surface area contributed by atoms with Crippen LogP contribution in [0.5, 0.6) is 0 Å². The smallest absolute Gasteiger partial charge is 1.00 e. The van der Waals surface area contributed by atoms with Gasteiger partial charge in [-0.25, -0.2) is 0 Å². The van der Waals surface area contributed by atoms with E-state index in [1.165, 1.54) is 89.9 Å². The van der Waals surface area contributed by atoms with Gasteiger partial charge in [0.1, 0.15) is 0 Å². The minimum atomic E-state index is 0. The number of hydrogen-bond acceptors (Lipinski definition) is 0. The van der Waals surface area contributed by atoms with E-state index < -0.39 is 0 Å². The number of halogens is 1. The third kappa shape index (κ3) is 21.3. The van der Waals surface area contributed by atoms with E-state index in [0.717, 1.165) is 15.2 Å². The van der Waals surface area contributed by atoms with E-state index in [0.29, 0.717) is 0 Å². The molecule has 0 aromatic carbocycles. The number of unbranched alkanes of at least 4 members (excludes halogenated alkanes) is 12. The SMILES string of the molecule is CCCCCCCC[CH2][Al+][CH2]CCCCCCCC.[Br-]. The maximum atomic E-state index is 2.30. The Morgan fingerprint density at radius 2 is 0.750 bits per heavy atom. The molecular weight excluding hydrogens is 323 g/mol. The van der Waals surface area contributed by atoms with Gasteiger partial charge in [0.2, 0.25) is 0 Å². The minimum Gasteiger partial charge on any atom is -1.00 e. The molecule has 0 saturated heterocycles. The fourth-order valence-electron chi connectivity index (χ4n) is 2.64. The van der Waals surface area contributed by atoms with E-state index in [1.807, 2.05) is 0 Å². The standard InChI is InChI=1S/2C9H19.Al.BrH/c2*1-3-5-7-9-8-6-4-2;;/h2*1,3-9H2,2H3;;1H/q;;+1;/p-1. The Labute approximate surface area is 146 Å². The maximum absolute atomic E-state index is 2.30. The average molecular weight is 361 g/mol. The Hall–Kier alpha value is 1.01. The molecule has 0 fully saturated rings. The number of rotatable bonds is 16. The first kappa shape index (κ1) is 23.3. The predicted octanol–water partition coefficient (Wildman–Crippen LogP) is 4.03. The van der Waals surface area contributed by atoms with E-state index in [9.17, 15) is 0 Å². The Balaban J connectivity index is 0. The van der Waals surface area contributed by atoms with E-state index in [1.54, 1.807) is 10.6 Å². The molecular formula is C18H38AlBr. The molecule has 120 valence electrons. The molecule has 0 saturated carbocycles. The van der Waals surface area contributed by atoms with Gasteiger partial charge in [-0.2, -0.15) is 0 Å². The van der Waals surface area contributed by atoms with Crippen LogP contribution in [0.4, 0.5) is 0 Å². The molecule has 0 aromatic rings. The molecule has 0 aliphatic rings. The molecule has 0 aromatic heterocycles. The van der Waals surface area contributed by atoms with E-state index in [2.05, 4.69) is 13.8 Å². The quantitative estimate of drug-likeness (QED) is 0.288. The molecule has 0 atom stereocenters. The maximum Gasteiger partial charge on any atom is -1.00 e. The second-order valence-corrected chi connectivity index (χ2v) is 7.84. The summed E-state index contributed by atoms with van der Waals surface area (Å²) in [5.41, 5.74) is 0. The van der Waals surface area contributed by atoms with Crippen LogP contribution < -0.4 is 17.0 Å². The molecule has 0 rings (SSSR count). The van der Waals surface area contributed by atoms with Gasteiger partial charge in [0.15, 0.2) is 0 Å². The van der Waals surface area contributed by atoms with Gasteiger partial charge >= 0.3 is 130 Å². The topological polar surface area (TPSA) is 0 Å². The van der Waals surface area contributed by atoms with Crippen molar-refractivity contribution in [2.45, 2.75) is 114 Å². The Bertz CT molecular complexity index is 134. The first-order valence-corrected chi connectivity index (χ1v) is 10.9. The van der Waals surface area contributed by atoms with Crippen LogP contribution in [0.2, 0.25) is 10.6 Å². The molecule has 0 aliphatic carbocycles. The van der Waals surface area contributed by atoms with Crippen LogP contribution in [0.25, 0.3) is 0 Å². The van der Waals surface area contributed by atoms with Crippen molar-refractivity contribution >= 4 is 15.2 Å². The summed E-state index contributed by atoms with van der Waals surface area (Å²) in [6, 6.07) is 0. The third-order valence-corrected chi connectivity index (χ3v) is 5.66. The summed E-state index contributed by atoms with van der Waals surface area (Å²) in [6.45, 7) is 4.60. The molecule has 20 heavy (non-hydrogen) atoms. The van der Waals surface area contributed by atoms with Crippen LogP contribution in [0, 0.1) is 0 Å². The summed E-state index contributed by atoms with van der Waals surface area (Å²) in [7, 11) is 0. The van der Waals surface area contributed by atoms with Crippen molar-refractivity contribution in [2.24, 2.45) is 0 Å². The van der Waals surface area contributed by atoms with E-state index in [4.69, 9.17) is 0 Å². The van der Waals surface area contributed by atoms with Crippen LogP contribution in [0.1, 0.15) is 104 Å². The zero-order valence-corrected chi connectivity index (χ0v) is 17.0. The van der Waals surface area contributed by atoms with Crippen molar-refractivity contribution in [2.75, 3.05) is 0 Å². The average Bonchev–Trinajstić information content (AvgIpc) is 2.43. The normalized spacial score (nSPS) is 10.1. The first-order valence-electron chi connectivity index (χ1n) is 9.23. The van der Waals surface area contributed by atoms with Crippen LogP contribution >= 0.6 is 0 Å². The molecule has 0 bridgehead atoms. The van der Waals surface area contributed by atoms with Gasteiger partial charge in [0.05, 0.1) is 0 Å². The summed E-state index contributed by atoms with van der Waals surface area (Å²) in [5.74, 6) is 0. The molecule has 2 heteroatoms. The molecule has 0 radical (unpaired) electrons. The summed E-state index contributed by atoms with van der Waals surface area (Å²) in [4.78, 5) is 0. The third-order valence-electron chi connectivity index (χ3n) is 4.02. The van der Waals surface area contributed by atoms with Gasteiger partial charge in [-0.3, -0.25) is 0 Å². The minimum absolute atomic E-state index is 0. The largest absolute Gasteiger partial charge is 1.00 e. The van der Waals surface area contributed by atoms with Crippen molar-refractivity contribution in [3.63, 3.8) is 0 Å². The van der Waals surface area contributed by atoms with Crippen LogP contribution in [-0.4, -0.2) is 15.2 Å². The monoisotopic (exact) mass is 360 g/mol. The van der Waals surface area contributed by atoms with Gasteiger partial charge in [-0.05, 0) is 0 Å². The van der Waals surface area contributed by atoms with Gasteiger partial charge < -0.3 is 17.0 Å². The van der Waals surface area contributed by atoms with Crippen molar-refractivity contribution in [3.8, 4) is 0 Å². The zero-order chi connectivity index (χ0) is 14.0. The van der Waals surface area contributed by atoms with Crippen LogP contribution in [-0.2, 0) is 0 Å².